The Bertz CT molecular complexity index is 359. The third kappa shape index (κ3) is 1.48. The molecule has 0 fully saturated rings. The van der Waals surface area contributed by atoms with Crippen LogP contribution in [-0.4, -0.2) is 29.9 Å². The quantitative estimate of drug-likeness (QED) is 0.744. The highest BCUT2D eigenvalue weighted by Crippen LogP contribution is 2.40. The first-order chi connectivity index (χ1) is 6.74. The maximum absolute atomic E-state index is 5.93. The highest BCUT2D eigenvalue weighted by molar-refractivity contribution is 6.34. The Morgan fingerprint density at radius 2 is 2.07 bits per heavy atom. The largest absolute Gasteiger partial charge is 0.486 e. The Kier molecular flexibility index (Phi) is 2.65. The van der Waals surface area contributed by atoms with Gasteiger partial charge in [-0.25, -0.2) is 0 Å². The minimum Gasteiger partial charge on any atom is -0.486 e. The molecule has 0 aromatic carbocycles. The third-order valence-electron chi connectivity index (χ3n) is 2.13. The first kappa shape index (κ1) is 9.80. The molecule has 0 bridgehead atoms. The van der Waals surface area contributed by atoms with Gasteiger partial charge in [0, 0.05) is 6.54 Å². The van der Waals surface area contributed by atoms with E-state index in [-0.39, 0.29) is 5.15 Å². The zero-order valence-electron chi connectivity index (χ0n) is 7.63. The van der Waals surface area contributed by atoms with Crippen molar-refractivity contribution < 1.29 is 4.74 Å². The van der Waals surface area contributed by atoms with E-state index < -0.39 is 0 Å². The lowest BCUT2D eigenvalue weighted by Crippen LogP contribution is -2.33. The second kappa shape index (κ2) is 3.79. The molecule has 0 aliphatic carbocycles. The Labute approximate surface area is 91.8 Å². The number of aromatic nitrogens is 2. The zero-order valence-corrected chi connectivity index (χ0v) is 9.14. The van der Waals surface area contributed by atoms with Gasteiger partial charge in [0.15, 0.2) is 16.1 Å². The number of fused-ring (bicyclic) bond motifs is 1. The van der Waals surface area contributed by atoms with Crippen molar-refractivity contribution in [2.45, 2.75) is 6.92 Å². The standard InChI is InChI=1S/C8H9Cl2N3O/c1-2-13-3-4-14-6-5(13)7(9)11-12-8(6)10/h2-4H2,1H3. The molecular weight excluding hydrogens is 225 g/mol. The van der Waals surface area contributed by atoms with Crippen molar-refractivity contribution in [3.05, 3.63) is 10.3 Å². The van der Waals surface area contributed by atoms with Gasteiger partial charge in [-0.15, -0.1) is 10.2 Å². The molecule has 0 saturated carbocycles. The van der Waals surface area contributed by atoms with Crippen molar-refractivity contribution in [1.82, 2.24) is 10.2 Å². The molecular formula is C8H9Cl2N3O. The number of ether oxygens (including phenoxy) is 1. The molecule has 14 heavy (non-hydrogen) atoms. The third-order valence-corrected chi connectivity index (χ3v) is 2.63. The fourth-order valence-electron chi connectivity index (χ4n) is 1.46. The molecule has 0 spiro atoms. The summed E-state index contributed by atoms with van der Waals surface area (Å²) in [4.78, 5) is 2.07. The molecule has 0 atom stereocenters. The van der Waals surface area contributed by atoms with Gasteiger partial charge in [0.1, 0.15) is 12.3 Å². The summed E-state index contributed by atoms with van der Waals surface area (Å²) >= 11 is 11.8. The van der Waals surface area contributed by atoms with E-state index in [2.05, 4.69) is 15.1 Å². The van der Waals surface area contributed by atoms with Crippen LogP contribution in [0, 0.1) is 0 Å². The molecule has 0 unspecified atom stereocenters. The fourth-order valence-corrected chi connectivity index (χ4v) is 1.88. The van der Waals surface area contributed by atoms with E-state index in [1.165, 1.54) is 0 Å². The van der Waals surface area contributed by atoms with Gasteiger partial charge in [0.2, 0.25) is 0 Å². The predicted octanol–water partition coefficient (Wildman–Crippen LogP) is 2.00. The van der Waals surface area contributed by atoms with Gasteiger partial charge in [-0.1, -0.05) is 23.2 Å². The normalized spacial score (nSPS) is 14.9. The van der Waals surface area contributed by atoms with Gasteiger partial charge in [-0.05, 0) is 6.92 Å². The molecule has 1 aromatic rings. The first-order valence-electron chi connectivity index (χ1n) is 4.33. The molecule has 0 amide bonds. The van der Waals surface area contributed by atoms with Crippen LogP contribution >= 0.6 is 23.2 Å². The number of hydrogen-bond donors (Lipinski definition) is 0. The monoisotopic (exact) mass is 233 g/mol. The highest BCUT2D eigenvalue weighted by Gasteiger charge is 2.24. The van der Waals surface area contributed by atoms with Crippen LogP contribution in [0.25, 0.3) is 0 Å². The smallest absolute Gasteiger partial charge is 0.195 e. The summed E-state index contributed by atoms with van der Waals surface area (Å²) in [7, 11) is 0. The number of hydrogen-bond acceptors (Lipinski definition) is 4. The van der Waals surface area contributed by atoms with E-state index in [0.29, 0.717) is 17.5 Å². The van der Waals surface area contributed by atoms with E-state index in [0.717, 1.165) is 18.8 Å². The van der Waals surface area contributed by atoms with Gasteiger partial charge in [-0.3, -0.25) is 0 Å². The fraction of sp³-hybridized carbons (Fsp3) is 0.500. The summed E-state index contributed by atoms with van der Waals surface area (Å²) in [5.41, 5.74) is 0.750. The maximum Gasteiger partial charge on any atom is 0.195 e. The van der Waals surface area contributed by atoms with Crippen LogP contribution < -0.4 is 9.64 Å². The van der Waals surface area contributed by atoms with Crippen molar-refractivity contribution >= 4 is 28.9 Å². The van der Waals surface area contributed by atoms with E-state index >= 15 is 0 Å². The summed E-state index contributed by atoms with van der Waals surface area (Å²) in [5.74, 6) is 0.541. The molecule has 2 rings (SSSR count). The van der Waals surface area contributed by atoms with E-state index in [4.69, 9.17) is 27.9 Å². The topological polar surface area (TPSA) is 38.2 Å². The average Bonchev–Trinajstić information content (AvgIpc) is 2.23. The summed E-state index contributed by atoms with van der Waals surface area (Å²) in [6, 6.07) is 0. The van der Waals surface area contributed by atoms with Crippen molar-refractivity contribution in [2.24, 2.45) is 0 Å². The van der Waals surface area contributed by atoms with Crippen molar-refractivity contribution in [2.75, 3.05) is 24.6 Å². The molecule has 2 heterocycles. The molecule has 0 saturated heterocycles. The van der Waals surface area contributed by atoms with Crippen LogP contribution in [0.2, 0.25) is 10.3 Å². The second-order valence-corrected chi connectivity index (χ2v) is 3.60. The lowest BCUT2D eigenvalue weighted by atomic mass is 10.3. The van der Waals surface area contributed by atoms with E-state index in [1.54, 1.807) is 0 Å². The molecule has 0 N–H and O–H groups in total. The maximum atomic E-state index is 5.93. The molecule has 1 aromatic heterocycles. The van der Waals surface area contributed by atoms with Gasteiger partial charge in [0.05, 0.1) is 6.54 Å². The lowest BCUT2D eigenvalue weighted by molar-refractivity contribution is 0.306. The SMILES string of the molecule is CCN1CCOc2c(Cl)nnc(Cl)c21. The van der Waals surface area contributed by atoms with Crippen molar-refractivity contribution in [1.29, 1.82) is 0 Å². The Hall–Kier alpha value is -0.740. The van der Waals surface area contributed by atoms with E-state index in [9.17, 15) is 0 Å². The van der Waals surface area contributed by atoms with Crippen molar-refractivity contribution in [3.63, 3.8) is 0 Å². The van der Waals surface area contributed by atoms with Gasteiger partial charge < -0.3 is 9.64 Å². The number of halogens is 2. The van der Waals surface area contributed by atoms with Crippen LogP contribution in [0.1, 0.15) is 6.92 Å². The second-order valence-electron chi connectivity index (χ2n) is 2.89. The zero-order chi connectivity index (χ0) is 10.1. The van der Waals surface area contributed by atoms with Gasteiger partial charge in [-0.2, -0.15) is 0 Å². The Morgan fingerprint density at radius 1 is 1.36 bits per heavy atom. The summed E-state index contributed by atoms with van der Waals surface area (Å²) in [6.45, 7) is 4.28. The van der Waals surface area contributed by atoms with Crippen LogP contribution in [0.5, 0.6) is 5.75 Å². The van der Waals surface area contributed by atoms with Crippen molar-refractivity contribution in [3.8, 4) is 5.75 Å². The summed E-state index contributed by atoms with van der Waals surface area (Å²) in [6.07, 6.45) is 0. The number of rotatable bonds is 1. The van der Waals surface area contributed by atoms with Gasteiger partial charge in [0.25, 0.3) is 0 Å². The molecule has 1 aliphatic heterocycles. The van der Waals surface area contributed by atoms with Crippen LogP contribution in [0.15, 0.2) is 0 Å². The Balaban J connectivity index is 2.55. The number of nitrogens with zero attached hydrogens (tertiary/aromatic N) is 3. The first-order valence-corrected chi connectivity index (χ1v) is 5.09. The predicted molar refractivity (Wildman–Crippen MR) is 55.4 cm³/mol. The van der Waals surface area contributed by atoms with Gasteiger partial charge >= 0.3 is 0 Å². The minimum atomic E-state index is 0.266. The molecule has 6 heteroatoms. The number of likely N-dealkylation sites (N-methyl/N-ethyl adjacent to an activating group) is 1. The molecule has 4 nitrogen and oxygen atoms in total. The summed E-state index contributed by atoms with van der Waals surface area (Å²) < 4.78 is 5.41. The van der Waals surface area contributed by atoms with Crippen LogP contribution in [0.3, 0.4) is 0 Å². The Morgan fingerprint density at radius 3 is 2.79 bits per heavy atom. The van der Waals surface area contributed by atoms with Crippen LogP contribution in [0.4, 0.5) is 5.69 Å². The molecule has 76 valence electrons. The highest BCUT2D eigenvalue weighted by atomic mass is 35.5. The summed E-state index contributed by atoms with van der Waals surface area (Å²) in [5, 5.41) is 8.05. The molecule has 1 aliphatic rings. The lowest BCUT2D eigenvalue weighted by Gasteiger charge is -2.30. The van der Waals surface area contributed by atoms with Crippen LogP contribution in [-0.2, 0) is 0 Å². The number of anilines is 1. The minimum absolute atomic E-state index is 0.266. The van der Waals surface area contributed by atoms with E-state index in [1.807, 2.05) is 6.92 Å². The average molecular weight is 234 g/mol. The molecule has 0 radical (unpaired) electrons.